The van der Waals surface area contributed by atoms with Gasteiger partial charge in [0.2, 0.25) is 0 Å². The summed E-state index contributed by atoms with van der Waals surface area (Å²) in [6.07, 6.45) is 3.96. The molecule has 0 N–H and O–H groups in total. The SMILES string of the molecule is COc1ccc([C@@H]2CC(c3ccc(C)cc3)=NN2C(=O)CN2CCC(Cc3ccccc3)CC2)c(OC)c1. The van der Waals surface area contributed by atoms with Gasteiger partial charge in [-0.05, 0) is 68.5 Å². The van der Waals surface area contributed by atoms with Crippen molar-refractivity contribution < 1.29 is 14.3 Å². The van der Waals surface area contributed by atoms with Crippen LogP contribution >= 0.6 is 0 Å². The van der Waals surface area contributed by atoms with Crippen LogP contribution in [-0.4, -0.2) is 55.4 Å². The van der Waals surface area contributed by atoms with Crippen molar-refractivity contribution in [1.82, 2.24) is 9.91 Å². The van der Waals surface area contributed by atoms with E-state index in [9.17, 15) is 4.79 Å². The fourth-order valence-corrected chi connectivity index (χ4v) is 5.56. The van der Waals surface area contributed by atoms with Crippen LogP contribution in [-0.2, 0) is 11.2 Å². The number of carbonyl (C=O) groups excluding carboxylic acids is 1. The van der Waals surface area contributed by atoms with E-state index in [0.29, 0.717) is 24.6 Å². The lowest BCUT2D eigenvalue weighted by atomic mass is 9.90. The monoisotopic (exact) mass is 511 g/mol. The maximum atomic E-state index is 13.7. The zero-order valence-corrected chi connectivity index (χ0v) is 22.6. The molecule has 0 saturated carbocycles. The molecule has 1 saturated heterocycles. The minimum Gasteiger partial charge on any atom is -0.497 e. The summed E-state index contributed by atoms with van der Waals surface area (Å²) in [4.78, 5) is 16.0. The molecule has 0 aromatic heterocycles. The van der Waals surface area contributed by atoms with Gasteiger partial charge in [-0.1, -0.05) is 60.2 Å². The average molecular weight is 512 g/mol. The molecule has 2 aliphatic heterocycles. The molecule has 3 aromatic carbocycles. The number of likely N-dealkylation sites (tertiary alicyclic amines) is 1. The van der Waals surface area contributed by atoms with Gasteiger partial charge < -0.3 is 9.47 Å². The van der Waals surface area contributed by atoms with Crippen LogP contribution in [0.1, 0.15) is 47.6 Å². The molecule has 6 heteroatoms. The van der Waals surface area contributed by atoms with Gasteiger partial charge in [-0.2, -0.15) is 5.10 Å². The molecule has 0 bridgehead atoms. The van der Waals surface area contributed by atoms with Crippen LogP contribution in [0.5, 0.6) is 11.5 Å². The highest BCUT2D eigenvalue weighted by Crippen LogP contribution is 2.39. The predicted octanol–water partition coefficient (Wildman–Crippen LogP) is 5.64. The molecule has 5 rings (SSSR count). The molecule has 3 aromatic rings. The quantitative estimate of drug-likeness (QED) is 0.393. The Balaban J connectivity index is 1.31. The number of hydrazone groups is 1. The highest BCUT2D eigenvalue weighted by Gasteiger charge is 2.36. The number of ether oxygens (including phenoxy) is 2. The highest BCUT2D eigenvalue weighted by molar-refractivity contribution is 6.03. The standard InChI is InChI=1S/C32H37N3O3/c1-23-9-11-26(12-10-23)29-21-30(28-14-13-27(37-2)20-31(28)38-3)35(33-29)32(36)22-34-17-15-25(16-18-34)19-24-7-5-4-6-8-24/h4-14,20,25,30H,15-19,21-22H2,1-3H3/t30-/m0/s1. The van der Waals surface area contributed by atoms with Crippen molar-refractivity contribution in [3.8, 4) is 11.5 Å². The van der Waals surface area contributed by atoms with Crippen molar-refractivity contribution in [3.05, 3.63) is 95.1 Å². The predicted molar refractivity (Wildman–Crippen MR) is 151 cm³/mol. The van der Waals surface area contributed by atoms with Crippen LogP contribution in [0, 0.1) is 12.8 Å². The second-order valence-corrected chi connectivity index (χ2v) is 10.4. The largest absolute Gasteiger partial charge is 0.497 e. The van der Waals surface area contributed by atoms with E-state index >= 15 is 0 Å². The Bertz CT molecular complexity index is 1260. The second kappa shape index (κ2) is 11.8. The number of aryl methyl sites for hydroxylation is 1. The molecular weight excluding hydrogens is 474 g/mol. The first kappa shape index (κ1) is 26.0. The van der Waals surface area contributed by atoms with Crippen molar-refractivity contribution >= 4 is 11.6 Å². The number of hydrogen-bond acceptors (Lipinski definition) is 5. The van der Waals surface area contributed by atoms with Crippen LogP contribution < -0.4 is 9.47 Å². The van der Waals surface area contributed by atoms with Crippen LogP contribution in [0.3, 0.4) is 0 Å². The van der Waals surface area contributed by atoms with Gasteiger partial charge in [0.15, 0.2) is 0 Å². The Morgan fingerprint density at radius 1 is 0.947 bits per heavy atom. The van der Waals surface area contributed by atoms with E-state index in [1.807, 2.05) is 18.2 Å². The average Bonchev–Trinajstić information content (AvgIpc) is 3.40. The number of benzene rings is 3. The van der Waals surface area contributed by atoms with Gasteiger partial charge in [-0.25, -0.2) is 5.01 Å². The molecule has 0 spiro atoms. The Labute approximate surface area is 225 Å². The Kier molecular flexibility index (Phi) is 8.08. The number of nitrogens with zero attached hydrogens (tertiary/aromatic N) is 3. The van der Waals surface area contributed by atoms with E-state index in [-0.39, 0.29) is 11.9 Å². The second-order valence-electron chi connectivity index (χ2n) is 10.4. The van der Waals surface area contributed by atoms with Gasteiger partial charge in [0, 0.05) is 18.1 Å². The lowest BCUT2D eigenvalue weighted by Crippen LogP contribution is -2.42. The van der Waals surface area contributed by atoms with Gasteiger partial charge in [0.25, 0.3) is 5.91 Å². The summed E-state index contributed by atoms with van der Waals surface area (Å²) >= 11 is 0. The van der Waals surface area contributed by atoms with Gasteiger partial charge in [0.05, 0.1) is 32.5 Å². The molecule has 0 aliphatic carbocycles. The van der Waals surface area contributed by atoms with Gasteiger partial charge >= 0.3 is 0 Å². The van der Waals surface area contributed by atoms with E-state index in [1.165, 1.54) is 11.1 Å². The van der Waals surface area contributed by atoms with Crippen LogP contribution in [0.15, 0.2) is 77.9 Å². The zero-order valence-electron chi connectivity index (χ0n) is 22.6. The summed E-state index contributed by atoms with van der Waals surface area (Å²) in [5, 5.41) is 6.58. The first-order chi connectivity index (χ1) is 18.5. The minimum absolute atomic E-state index is 0.0245. The van der Waals surface area contributed by atoms with Gasteiger partial charge in [-0.15, -0.1) is 0 Å². The molecule has 0 radical (unpaired) electrons. The molecule has 6 nitrogen and oxygen atoms in total. The summed E-state index contributed by atoms with van der Waals surface area (Å²) in [7, 11) is 3.29. The maximum absolute atomic E-state index is 13.7. The normalized spacial score (nSPS) is 18.3. The molecule has 1 amide bonds. The molecule has 198 valence electrons. The topological polar surface area (TPSA) is 54.4 Å². The Morgan fingerprint density at radius 2 is 1.68 bits per heavy atom. The molecule has 38 heavy (non-hydrogen) atoms. The van der Waals surface area contributed by atoms with Crippen molar-refractivity contribution in [2.75, 3.05) is 33.9 Å². The molecule has 1 fully saturated rings. The third-order valence-electron chi connectivity index (χ3n) is 7.78. The third kappa shape index (κ3) is 5.91. The maximum Gasteiger partial charge on any atom is 0.257 e. The first-order valence-corrected chi connectivity index (χ1v) is 13.5. The summed E-state index contributed by atoms with van der Waals surface area (Å²) in [5.41, 5.74) is 5.50. The minimum atomic E-state index is -0.227. The molecular formula is C32H37N3O3. The van der Waals surface area contributed by atoms with Gasteiger partial charge in [0.1, 0.15) is 11.5 Å². The molecule has 1 atom stereocenters. The number of amides is 1. The molecule has 2 aliphatic rings. The molecule has 2 heterocycles. The number of piperidine rings is 1. The lowest BCUT2D eigenvalue weighted by Gasteiger charge is -2.33. The highest BCUT2D eigenvalue weighted by atomic mass is 16.5. The Hall–Kier alpha value is -3.64. The first-order valence-electron chi connectivity index (χ1n) is 13.5. The van der Waals surface area contributed by atoms with E-state index in [4.69, 9.17) is 14.6 Å². The van der Waals surface area contributed by atoms with Crippen molar-refractivity contribution in [3.63, 3.8) is 0 Å². The zero-order chi connectivity index (χ0) is 26.5. The summed E-state index contributed by atoms with van der Waals surface area (Å²) in [5.74, 6) is 2.11. The van der Waals surface area contributed by atoms with Crippen LogP contribution in [0.4, 0.5) is 0 Å². The molecule has 0 unspecified atom stereocenters. The van der Waals surface area contributed by atoms with E-state index in [2.05, 4.69) is 66.4 Å². The smallest absolute Gasteiger partial charge is 0.257 e. The van der Waals surface area contributed by atoms with Crippen molar-refractivity contribution in [2.24, 2.45) is 11.0 Å². The lowest BCUT2D eigenvalue weighted by molar-refractivity contribution is -0.134. The van der Waals surface area contributed by atoms with Crippen molar-refractivity contribution in [1.29, 1.82) is 0 Å². The fourth-order valence-electron chi connectivity index (χ4n) is 5.56. The number of rotatable bonds is 8. The number of methoxy groups -OCH3 is 2. The van der Waals surface area contributed by atoms with E-state index < -0.39 is 0 Å². The van der Waals surface area contributed by atoms with E-state index in [0.717, 1.165) is 54.9 Å². The summed E-state index contributed by atoms with van der Waals surface area (Å²) < 4.78 is 11.1. The summed E-state index contributed by atoms with van der Waals surface area (Å²) in [6.45, 7) is 4.31. The van der Waals surface area contributed by atoms with E-state index in [1.54, 1.807) is 19.2 Å². The third-order valence-corrected chi connectivity index (χ3v) is 7.78. The van der Waals surface area contributed by atoms with Gasteiger partial charge in [-0.3, -0.25) is 9.69 Å². The fraction of sp³-hybridized carbons (Fsp3) is 0.375. The van der Waals surface area contributed by atoms with Crippen LogP contribution in [0.25, 0.3) is 0 Å². The number of carbonyl (C=O) groups is 1. The summed E-state index contributed by atoms with van der Waals surface area (Å²) in [6, 6.07) is 24.6. The van der Waals surface area contributed by atoms with Crippen LogP contribution in [0.2, 0.25) is 0 Å². The number of hydrogen-bond donors (Lipinski definition) is 0. The Morgan fingerprint density at radius 3 is 2.37 bits per heavy atom. The van der Waals surface area contributed by atoms with Crippen molar-refractivity contribution in [2.45, 2.75) is 38.6 Å².